The summed E-state index contributed by atoms with van der Waals surface area (Å²) in [6.07, 6.45) is 7.36. The van der Waals surface area contributed by atoms with Crippen LogP contribution in [0, 0.1) is 0 Å². The number of carbonyl (C=O) groups excluding carboxylic acids is 1. The largest absolute Gasteiger partial charge is 0.339 e. The van der Waals surface area contributed by atoms with Gasteiger partial charge in [0.2, 0.25) is 15.9 Å². The van der Waals surface area contributed by atoms with Crippen molar-refractivity contribution < 1.29 is 13.2 Å². The van der Waals surface area contributed by atoms with E-state index in [1.807, 2.05) is 0 Å². The number of nitrogens with one attached hydrogen (secondary N) is 1. The molecular formula is C21H32ClN3O3S. The lowest BCUT2D eigenvalue weighted by Crippen LogP contribution is -2.50. The summed E-state index contributed by atoms with van der Waals surface area (Å²) < 4.78 is 27.9. The Bertz CT molecular complexity index is 771. The Kier molecular flexibility index (Phi) is 7.96. The zero-order valence-electron chi connectivity index (χ0n) is 17.1. The Hall–Kier alpha value is -1.15. The van der Waals surface area contributed by atoms with Crippen LogP contribution in [-0.4, -0.2) is 62.4 Å². The molecule has 1 aromatic rings. The molecule has 0 unspecified atom stereocenters. The molecule has 1 saturated heterocycles. The van der Waals surface area contributed by atoms with E-state index in [1.165, 1.54) is 31.4 Å². The van der Waals surface area contributed by atoms with Crippen molar-refractivity contribution in [3.8, 4) is 0 Å². The number of likely N-dealkylation sites (tertiary alicyclic amines) is 1. The number of hydrogen-bond donors (Lipinski definition) is 1. The van der Waals surface area contributed by atoms with Crippen LogP contribution < -0.4 is 4.72 Å². The molecule has 2 fully saturated rings. The molecule has 162 valence electrons. The van der Waals surface area contributed by atoms with Crippen molar-refractivity contribution in [1.82, 2.24) is 14.5 Å². The quantitative estimate of drug-likeness (QED) is 0.705. The first-order chi connectivity index (χ1) is 13.9. The van der Waals surface area contributed by atoms with Crippen LogP contribution in [0.3, 0.4) is 0 Å². The van der Waals surface area contributed by atoms with Gasteiger partial charge in [0, 0.05) is 36.7 Å². The topological polar surface area (TPSA) is 69.7 Å². The average Bonchev–Trinajstić information content (AvgIpc) is 2.71. The Morgan fingerprint density at radius 2 is 1.72 bits per heavy atom. The fraction of sp³-hybridized carbons (Fsp3) is 0.667. The standard InChI is InChI=1S/C21H32ClN3O3S/c1-2-25(19-6-4-3-5-7-19)21(26)16-24-14-12-18(13-15-24)23-29(27,28)20-10-8-17(22)9-11-20/h8-11,18-19,23H,2-7,12-16H2,1H3. The predicted octanol–water partition coefficient (Wildman–Crippen LogP) is 3.26. The molecule has 2 aliphatic rings. The van der Waals surface area contributed by atoms with E-state index in [-0.39, 0.29) is 16.8 Å². The molecule has 1 aromatic carbocycles. The first-order valence-electron chi connectivity index (χ1n) is 10.7. The summed E-state index contributed by atoms with van der Waals surface area (Å²) in [5.41, 5.74) is 0. The normalized spacial score (nSPS) is 19.9. The Morgan fingerprint density at radius 1 is 1.10 bits per heavy atom. The van der Waals surface area contributed by atoms with Crippen molar-refractivity contribution in [2.45, 2.75) is 68.8 Å². The minimum atomic E-state index is -3.55. The lowest BCUT2D eigenvalue weighted by atomic mass is 9.94. The van der Waals surface area contributed by atoms with E-state index in [2.05, 4.69) is 21.4 Å². The van der Waals surface area contributed by atoms with Gasteiger partial charge in [0.25, 0.3) is 0 Å². The Balaban J connectivity index is 1.48. The van der Waals surface area contributed by atoms with Gasteiger partial charge in [-0.25, -0.2) is 13.1 Å². The van der Waals surface area contributed by atoms with Gasteiger partial charge >= 0.3 is 0 Å². The zero-order chi connectivity index (χ0) is 20.9. The van der Waals surface area contributed by atoms with Crippen LogP contribution in [0.5, 0.6) is 0 Å². The van der Waals surface area contributed by atoms with Crippen molar-refractivity contribution in [2.24, 2.45) is 0 Å². The molecule has 0 atom stereocenters. The first kappa shape index (κ1) is 22.5. The molecule has 0 spiro atoms. The van der Waals surface area contributed by atoms with Gasteiger partial charge in [0.05, 0.1) is 11.4 Å². The summed E-state index contributed by atoms with van der Waals surface area (Å²) in [5, 5.41) is 0.510. The first-order valence-corrected chi connectivity index (χ1v) is 12.5. The minimum Gasteiger partial charge on any atom is -0.339 e. The van der Waals surface area contributed by atoms with Crippen LogP contribution in [0.4, 0.5) is 0 Å². The number of rotatable bonds is 7. The van der Waals surface area contributed by atoms with Gasteiger partial charge in [-0.2, -0.15) is 0 Å². The highest BCUT2D eigenvalue weighted by Gasteiger charge is 2.28. The number of benzene rings is 1. The van der Waals surface area contributed by atoms with Crippen LogP contribution in [0.15, 0.2) is 29.2 Å². The van der Waals surface area contributed by atoms with E-state index >= 15 is 0 Å². The molecule has 1 heterocycles. The summed E-state index contributed by atoms with van der Waals surface area (Å²) in [7, 11) is -3.55. The van der Waals surface area contributed by atoms with Gasteiger partial charge in [0.1, 0.15) is 0 Å². The van der Waals surface area contributed by atoms with Gasteiger partial charge in [-0.3, -0.25) is 9.69 Å². The minimum absolute atomic E-state index is 0.109. The number of piperidine rings is 1. The van der Waals surface area contributed by atoms with Gasteiger partial charge in [-0.05, 0) is 56.9 Å². The second-order valence-electron chi connectivity index (χ2n) is 8.10. The molecule has 29 heavy (non-hydrogen) atoms. The molecule has 8 heteroatoms. The predicted molar refractivity (Wildman–Crippen MR) is 115 cm³/mol. The van der Waals surface area contributed by atoms with Crippen LogP contribution in [0.2, 0.25) is 5.02 Å². The summed E-state index contributed by atoms with van der Waals surface area (Å²) >= 11 is 5.84. The number of halogens is 1. The number of sulfonamides is 1. The van der Waals surface area contributed by atoms with Crippen molar-refractivity contribution >= 4 is 27.5 Å². The molecule has 1 amide bonds. The summed E-state index contributed by atoms with van der Waals surface area (Å²) in [6.45, 7) is 4.70. The maximum Gasteiger partial charge on any atom is 0.240 e. The fourth-order valence-corrected chi connectivity index (χ4v) is 5.85. The smallest absolute Gasteiger partial charge is 0.240 e. The van der Waals surface area contributed by atoms with Crippen LogP contribution in [0.1, 0.15) is 51.9 Å². The van der Waals surface area contributed by atoms with E-state index in [9.17, 15) is 13.2 Å². The molecule has 0 bridgehead atoms. The molecule has 1 aliphatic carbocycles. The van der Waals surface area contributed by atoms with Crippen molar-refractivity contribution in [1.29, 1.82) is 0 Å². The van der Waals surface area contributed by atoms with Crippen molar-refractivity contribution in [2.75, 3.05) is 26.2 Å². The maximum atomic E-state index is 12.8. The second kappa shape index (κ2) is 10.2. The summed E-state index contributed by atoms with van der Waals surface area (Å²) in [6, 6.07) is 6.48. The van der Waals surface area contributed by atoms with Crippen LogP contribution >= 0.6 is 11.6 Å². The molecular weight excluding hydrogens is 410 g/mol. The number of carbonyl (C=O) groups is 1. The van der Waals surface area contributed by atoms with Gasteiger partial charge in [-0.1, -0.05) is 30.9 Å². The third-order valence-electron chi connectivity index (χ3n) is 6.07. The summed E-state index contributed by atoms with van der Waals surface area (Å²) in [5.74, 6) is 0.208. The molecule has 3 rings (SSSR count). The van der Waals surface area contributed by atoms with Crippen molar-refractivity contribution in [3.63, 3.8) is 0 Å². The average molecular weight is 442 g/mol. The molecule has 1 N–H and O–H groups in total. The molecule has 0 aromatic heterocycles. The van der Waals surface area contributed by atoms with Gasteiger partial charge in [-0.15, -0.1) is 0 Å². The number of nitrogens with zero attached hydrogens (tertiary/aromatic N) is 2. The van der Waals surface area contributed by atoms with Crippen molar-refractivity contribution in [3.05, 3.63) is 29.3 Å². The van der Waals surface area contributed by atoms with Gasteiger partial charge in [0.15, 0.2) is 0 Å². The third kappa shape index (κ3) is 6.17. The molecule has 1 aliphatic heterocycles. The number of hydrogen-bond acceptors (Lipinski definition) is 4. The Labute approximate surface area is 179 Å². The summed E-state index contributed by atoms with van der Waals surface area (Å²) in [4.78, 5) is 17.3. The monoisotopic (exact) mass is 441 g/mol. The van der Waals surface area contributed by atoms with E-state index in [1.54, 1.807) is 12.1 Å². The number of likely N-dealkylation sites (N-methyl/N-ethyl adjacent to an activating group) is 1. The van der Waals surface area contributed by atoms with E-state index in [0.717, 1.165) is 32.5 Å². The second-order valence-corrected chi connectivity index (χ2v) is 10.2. The fourth-order valence-electron chi connectivity index (χ4n) is 4.42. The zero-order valence-corrected chi connectivity index (χ0v) is 18.7. The van der Waals surface area contributed by atoms with Gasteiger partial charge < -0.3 is 4.90 Å². The van der Waals surface area contributed by atoms with E-state index in [4.69, 9.17) is 11.6 Å². The maximum absolute atomic E-state index is 12.8. The van der Waals surface area contributed by atoms with E-state index in [0.29, 0.717) is 30.5 Å². The SMILES string of the molecule is CCN(C(=O)CN1CCC(NS(=O)(=O)c2ccc(Cl)cc2)CC1)C1CCCCC1. The van der Waals surface area contributed by atoms with E-state index < -0.39 is 10.0 Å². The lowest BCUT2D eigenvalue weighted by Gasteiger charge is -2.37. The Morgan fingerprint density at radius 3 is 2.31 bits per heavy atom. The lowest BCUT2D eigenvalue weighted by molar-refractivity contribution is -0.135. The molecule has 6 nitrogen and oxygen atoms in total. The molecule has 1 saturated carbocycles. The molecule has 0 radical (unpaired) electrons. The number of amides is 1. The highest BCUT2D eigenvalue weighted by molar-refractivity contribution is 7.89. The highest BCUT2D eigenvalue weighted by atomic mass is 35.5. The third-order valence-corrected chi connectivity index (χ3v) is 7.86. The van der Waals surface area contributed by atoms with Crippen LogP contribution in [0.25, 0.3) is 0 Å². The van der Waals surface area contributed by atoms with Crippen LogP contribution in [-0.2, 0) is 14.8 Å². The highest BCUT2D eigenvalue weighted by Crippen LogP contribution is 2.23.